The van der Waals surface area contributed by atoms with Crippen molar-refractivity contribution in [2.45, 2.75) is 6.42 Å². The lowest BCUT2D eigenvalue weighted by atomic mass is 10.2. The number of nitrogens with zero attached hydrogens (tertiary/aromatic N) is 2. The molecule has 0 radical (unpaired) electrons. The normalized spacial score (nSPS) is 10.1. The topological polar surface area (TPSA) is 48.7 Å². The molecule has 6 heteroatoms. The van der Waals surface area contributed by atoms with Crippen LogP contribution in [0.2, 0.25) is 0 Å². The first-order valence-electron chi connectivity index (χ1n) is 5.22. The molecule has 1 N–H and O–H groups in total. The molecule has 2 aromatic rings. The average Bonchev–Trinajstić information content (AvgIpc) is 2.85. The Balaban J connectivity index is 2.03. The van der Waals surface area contributed by atoms with Crippen LogP contribution in [0.1, 0.15) is 10.6 Å². The van der Waals surface area contributed by atoms with Crippen LogP contribution in [-0.4, -0.2) is 11.5 Å². The van der Waals surface area contributed by atoms with Crippen LogP contribution in [0.5, 0.6) is 0 Å². The zero-order valence-corrected chi connectivity index (χ0v) is 10.1. The highest BCUT2D eigenvalue weighted by atomic mass is 32.1. The summed E-state index contributed by atoms with van der Waals surface area (Å²) >= 11 is 1.49. The van der Waals surface area contributed by atoms with Crippen LogP contribution in [0, 0.1) is 23.0 Å². The number of thiazole rings is 1. The second-order valence-corrected chi connectivity index (χ2v) is 4.51. The first-order valence-corrected chi connectivity index (χ1v) is 6.10. The molecule has 0 amide bonds. The molecule has 0 aliphatic carbocycles. The van der Waals surface area contributed by atoms with Crippen molar-refractivity contribution in [1.29, 1.82) is 5.26 Å². The van der Waals surface area contributed by atoms with E-state index in [1.807, 2.05) is 5.38 Å². The van der Waals surface area contributed by atoms with Crippen molar-refractivity contribution in [2.75, 3.05) is 11.9 Å². The third kappa shape index (κ3) is 2.81. The van der Waals surface area contributed by atoms with Crippen LogP contribution in [0.15, 0.2) is 23.7 Å². The lowest BCUT2D eigenvalue weighted by molar-refractivity contribution is 0.587. The van der Waals surface area contributed by atoms with Crippen LogP contribution < -0.4 is 5.32 Å². The van der Waals surface area contributed by atoms with Gasteiger partial charge in [-0.1, -0.05) is 0 Å². The van der Waals surface area contributed by atoms with Crippen molar-refractivity contribution >= 4 is 17.0 Å². The molecule has 18 heavy (non-hydrogen) atoms. The van der Waals surface area contributed by atoms with E-state index in [4.69, 9.17) is 5.26 Å². The zero-order valence-electron chi connectivity index (χ0n) is 9.28. The monoisotopic (exact) mass is 265 g/mol. The number of anilines is 1. The third-order valence-electron chi connectivity index (χ3n) is 2.30. The van der Waals surface area contributed by atoms with Gasteiger partial charge in [0.05, 0.1) is 16.6 Å². The fraction of sp³-hybridized carbons (Fsp3) is 0.167. The van der Waals surface area contributed by atoms with E-state index < -0.39 is 11.6 Å². The van der Waals surface area contributed by atoms with E-state index in [0.29, 0.717) is 13.0 Å². The Morgan fingerprint density at radius 3 is 2.61 bits per heavy atom. The molecule has 1 aromatic heterocycles. The van der Waals surface area contributed by atoms with Crippen molar-refractivity contribution in [3.05, 3.63) is 45.9 Å². The minimum Gasteiger partial charge on any atom is -0.380 e. The lowest BCUT2D eigenvalue weighted by Gasteiger charge is -2.08. The summed E-state index contributed by atoms with van der Waals surface area (Å²) in [4.78, 5) is 4.07. The highest BCUT2D eigenvalue weighted by molar-refractivity contribution is 7.09. The molecule has 0 fully saturated rings. The van der Waals surface area contributed by atoms with E-state index in [9.17, 15) is 8.78 Å². The number of benzene rings is 1. The van der Waals surface area contributed by atoms with Gasteiger partial charge in [0.2, 0.25) is 0 Å². The Morgan fingerprint density at radius 2 is 2.06 bits per heavy atom. The number of halogens is 2. The van der Waals surface area contributed by atoms with Crippen molar-refractivity contribution in [3.8, 4) is 6.07 Å². The molecule has 0 spiro atoms. The Morgan fingerprint density at radius 1 is 1.33 bits per heavy atom. The molecule has 3 nitrogen and oxygen atoms in total. The second kappa shape index (κ2) is 5.56. The van der Waals surface area contributed by atoms with Gasteiger partial charge in [-0.15, -0.1) is 11.3 Å². The summed E-state index contributed by atoms with van der Waals surface area (Å²) in [5, 5.41) is 14.0. The zero-order chi connectivity index (χ0) is 13.0. The minimum atomic E-state index is -0.759. The molecule has 92 valence electrons. The predicted molar refractivity (Wildman–Crippen MR) is 65.4 cm³/mol. The van der Waals surface area contributed by atoms with Gasteiger partial charge in [-0.05, 0) is 12.1 Å². The van der Waals surface area contributed by atoms with Crippen LogP contribution >= 0.6 is 11.3 Å². The fourth-order valence-electron chi connectivity index (χ4n) is 1.48. The quantitative estimate of drug-likeness (QED) is 0.924. The molecule has 0 aliphatic heterocycles. The summed E-state index contributed by atoms with van der Waals surface area (Å²) < 4.78 is 27.0. The van der Waals surface area contributed by atoms with Crippen molar-refractivity contribution in [1.82, 2.24) is 4.98 Å². The summed E-state index contributed by atoms with van der Waals surface area (Å²) in [5.41, 5.74) is -0.235. The highest BCUT2D eigenvalue weighted by Gasteiger charge is 2.10. The van der Waals surface area contributed by atoms with E-state index in [0.717, 1.165) is 17.1 Å². The highest BCUT2D eigenvalue weighted by Crippen LogP contribution is 2.20. The predicted octanol–water partition coefficient (Wildman–Crippen LogP) is 2.95. The molecule has 0 saturated heterocycles. The van der Waals surface area contributed by atoms with Gasteiger partial charge >= 0.3 is 0 Å². The number of hydrogen-bond acceptors (Lipinski definition) is 4. The number of aromatic nitrogens is 1. The van der Waals surface area contributed by atoms with Crippen LogP contribution in [0.25, 0.3) is 0 Å². The molecule has 0 atom stereocenters. The Kier molecular flexibility index (Phi) is 3.85. The molecule has 1 aromatic carbocycles. The van der Waals surface area contributed by atoms with Crippen molar-refractivity contribution in [2.24, 2.45) is 0 Å². The van der Waals surface area contributed by atoms with Gasteiger partial charge in [0.25, 0.3) is 0 Å². The van der Waals surface area contributed by atoms with E-state index in [1.165, 1.54) is 11.3 Å². The number of nitrogens with one attached hydrogen (secondary N) is 1. The second-order valence-electron chi connectivity index (χ2n) is 3.53. The molecule has 0 bridgehead atoms. The SMILES string of the molecule is N#Cc1cc(F)c(NCCc2nccs2)c(F)c1. The van der Waals surface area contributed by atoms with Crippen LogP contribution in [-0.2, 0) is 6.42 Å². The molecule has 0 saturated carbocycles. The Labute approximate surface area is 107 Å². The maximum atomic E-state index is 13.5. The molecule has 2 rings (SSSR count). The van der Waals surface area contributed by atoms with E-state index in [-0.39, 0.29) is 11.3 Å². The summed E-state index contributed by atoms with van der Waals surface area (Å²) in [6.45, 7) is 0.382. The van der Waals surface area contributed by atoms with E-state index in [2.05, 4.69) is 10.3 Å². The minimum absolute atomic E-state index is 0.0320. The molecular formula is C12H9F2N3S. The number of nitriles is 1. The summed E-state index contributed by atoms with van der Waals surface area (Å²) in [7, 11) is 0. The molecular weight excluding hydrogens is 256 g/mol. The van der Waals surface area contributed by atoms with Crippen molar-refractivity contribution in [3.63, 3.8) is 0 Å². The maximum absolute atomic E-state index is 13.5. The smallest absolute Gasteiger partial charge is 0.150 e. The van der Waals surface area contributed by atoms with Gasteiger partial charge in [-0.2, -0.15) is 5.26 Å². The summed E-state index contributed by atoms with van der Waals surface area (Å²) in [6, 6.07) is 3.72. The number of hydrogen-bond donors (Lipinski definition) is 1. The lowest BCUT2D eigenvalue weighted by Crippen LogP contribution is -2.08. The van der Waals surface area contributed by atoms with Gasteiger partial charge in [-0.25, -0.2) is 13.8 Å². The van der Waals surface area contributed by atoms with Crippen molar-refractivity contribution < 1.29 is 8.78 Å². The van der Waals surface area contributed by atoms with Gasteiger partial charge < -0.3 is 5.32 Å². The summed E-state index contributed by atoms with van der Waals surface area (Å²) in [5.74, 6) is -1.52. The Hall–Kier alpha value is -2.00. The Bertz CT molecular complexity index is 552. The first-order chi connectivity index (χ1) is 8.70. The molecule has 0 aliphatic rings. The van der Waals surface area contributed by atoms with E-state index >= 15 is 0 Å². The standard InChI is InChI=1S/C12H9F2N3S/c13-9-5-8(7-15)6-10(14)12(9)17-2-1-11-16-3-4-18-11/h3-6,17H,1-2H2. The molecule has 0 unspecified atom stereocenters. The largest absolute Gasteiger partial charge is 0.380 e. The number of rotatable bonds is 4. The van der Waals surface area contributed by atoms with Gasteiger partial charge in [0.15, 0.2) is 11.6 Å². The third-order valence-corrected chi connectivity index (χ3v) is 3.13. The average molecular weight is 265 g/mol. The van der Waals surface area contributed by atoms with Gasteiger partial charge in [-0.3, -0.25) is 0 Å². The first kappa shape index (κ1) is 12.5. The van der Waals surface area contributed by atoms with Gasteiger partial charge in [0.1, 0.15) is 5.69 Å². The van der Waals surface area contributed by atoms with E-state index in [1.54, 1.807) is 12.3 Å². The maximum Gasteiger partial charge on any atom is 0.150 e. The fourth-order valence-corrected chi connectivity index (χ4v) is 2.10. The van der Waals surface area contributed by atoms with Crippen LogP contribution in [0.3, 0.4) is 0 Å². The van der Waals surface area contributed by atoms with Gasteiger partial charge in [0, 0.05) is 24.5 Å². The summed E-state index contributed by atoms with van der Waals surface area (Å²) in [6.07, 6.45) is 2.28. The van der Waals surface area contributed by atoms with Crippen LogP contribution in [0.4, 0.5) is 14.5 Å². The molecule has 1 heterocycles.